The smallest absolute Gasteiger partial charge is 0.150 e. The van der Waals surface area contributed by atoms with Crippen LogP contribution in [0.1, 0.15) is 39.0 Å². The Hall–Kier alpha value is -0.130. The highest BCUT2D eigenvalue weighted by atomic mass is 32.2. The highest BCUT2D eigenvalue weighted by Gasteiger charge is 2.31. The van der Waals surface area contributed by atoms with E-state index < -0.39 is 9.84 Å². The number of nitrogens with zero attached hydrogens (tertiary/aromatic N) is 1. The van der Waals surface area contributed by atoms with Crippen LogP contribution >= 0.6 is 0 Å². The van der Waals surface area contributed by atoms with E-state index in [0.29, 0.717) is 6.04 Å². The Balaban J connectivity index is 2.58. The van der Waals surface area contributed by atoms with Gasteiger partial charge in [-0.2, -0.15) is 0 Å². The molecular weight excluding hydrogens is 238 g/mol. The maximum Gasteiger partial charge on any atom is 0.150 e. The molecule has 0 aromatic heterocycles. The van der Waals surface area contributed by atoms with E-state index in [2.05, 4.69) is 11.8 Å². The zero-order valence-electron chi connectivity index (χ0n) is 10.9. The van der Waals surface area contributed by atoms with Gasteiger partial charge >= 0.3 is 0 Å². The van der Waals surface area contributed by atoms with Crippen LogP contribution < -0.4 is 0 Å². The summed E-state index contributed by atoms with van der Waals surface area (Å²) in [4.78, 5) is 2.31. The van der Waals surface area contributed by atoms with E-state index in [1.54, 1.807) is 0 Å². The van der Waals surface area contributed by atoms with Crippen molar-refractivity contribution in [2.24, 2.45) is 0 Å². The molecule has 5 heteroatoms. The van der Waals surface area contributed by atoms with Gasteiger partial charge in [0.15, 0.2) is 0 Å². The van der Waals surface area contributed by atoms with Gasteiger partial charge in [-0.15, -0.1) is 0 Å². The number of aliphatic hydroxyl groups excluding tert-OH is 1. The Labute approximate surface area is 105 Å². The van der Waals surface area contributed by atoms with Crippen LogP contribution in [-0.4, -0.2) is 55.7 Å². The highest BCUT2D eigenvalue weighted by molar-refractivity contribution is 7.91. The molecule has 1 aliphatic rings. The van der Waals surface area contributed by atoms with Crippen molar-refractivity contribution in [1.82, 2.24) is 4.90 Å². The Morgan fingerprint density at radius 1 is 1.35 bits per heavy atom. The lowest BCUT2D eigenvalue weighted by atomic mass is 9.93. The number of aliphatic hydroxyl groups is 1. The van der Waals surface area contributed by atoms with Crippen molar-refractivity contribution in [2.75, 3.05) is 26.0 Å². The first-order valence-electron chi connectivity index (χ1n) is 6.52. The maximum atomic E-state index is 11.6. The van der Waals surface area contributed by atoms with Crippen molar-refractivity contribution in [3.05, 3.63) is 0 Å². The second kappa shape index (κ2) is 6.71. The van der Waals surface area contributed by atoms with Gasteiger partial charge in [0.1, 0.15) is 9.84 Å². The third kappa shape index (κ3) is 4.56. The minimum Gasteiger partial charge on any atom is -0.396 e. The zero-order chi connectivity index (χ0) is 12.9. The molecule has 1 aliphatic carbocycles. The maximum absolute atomic E-state index is 11.6. The average molecular weight is 263 g/mol. The van der Waals surface area contributed by atoms with Crippen LogP contribution in [0.3, 0.4) is 0 Å². The SMILES string of the molecule is CCN(CCCO)C1CCCC(S(C)(=O)=O)C1. The number of rotatable bonds is 6. The van der Waals surface area contributed by atoms with E-state index in [4.69, 9.17) is 5.11 Å². The Bertz CT molecular complexity index is 316. The molecule has 0 spiro atoms. The van der Waals surface area contributed by atoms with Crippen molar-refractivity contribution >= 4 is 9.84 Å². The number of hydrogen-bond acceptors (Lipinski definition) is 4. The third-order valence-corrected chi connectivity index (χ3v) is 5.37. The van der Waals surface area contributed by atoms with Crippen molar-refractivity contribution in [3.63, 3.8) is 0 Å². The molecule has 2 unspecified atom stereocenters. The fraction of sp³-hybridized carbons (Fsp3) is 1.00. The minimum atomic E-state index is -2.90. The fourth-order valence-electron chi connectivity index (χ4n) is 2.71. The third-order valence-electron chi connectivity index (χ3n) is 3.73. The van der Waals surface area contributed by atoms with Gasteiger partial charge in [-0.1, -0.05) is 13.3 Å². The quantitative estimate of drug-likeness (QED) is 0.778. The van der Waals surface area contributed by atoms with Gasteiger partial charge in [-0.3, -0.25) is 0 Å². The number of sulfone groups is 1. The van der Waals surface area contributed by atoms with Gasteiger partial charge in [0, 0.05) is 25.4 Å². The van der Waals surface area contributed by atoms with E-state index in [9.17, 15) is 8.42 Å². The molecular formula is C12H25NO3S. The van der Waals surface area contributed by atoms with E-state index in [0.717, 1.165) is 45.2 Å². The van der Waals surface area contributed by atoms with Gasteiger partial charge in [-0.25, -0.2) is 8.42 Å². The summed E-state index contributed by atoms with van der Waals surface area (Å²) in [5.74, 6) is 0. The molecule has 0 bridgehead atoms. The van der Waals surface area contributed by atoms with Crippen LogP contribution in [-0.2, 0) is 9.84 Å². The summed E-state index contributed by atoms with van der Waals surface area (Å²) in [6, 6.07) is 0.375. The predicted molar refractivity (Wildman–Crippen MR) is 69.8 cm³/mol. The Morgan fingerprint density at radius 3 is 2.59 bits per heavy atom. The summed E-state index contributed by atoms with van der Waals surface area (Å²) in [6.07, 6.45) is 5.78. The molecule has 17 heavy (non-hydrogen) atoms. The molecule has 1 rings (SSSR count). The molecule has 0 amide bonds. The van der Waals surface area contributed by atoms with Gasteiger partial charge < -0.3 is 10.0 Å². The van der Waals surface area contributed by atoms with Crippen LogP contribution in [0.5, 0.6) is 0 Å². The van der Waals surface area contributed by atoms with E-state index in [1.807, 2.05) is 0 Å². The topological polar surface area (TPSA) is 57.6 Å². The molecule has 0 heterocycles. The summed E-state index contributed by atoms with van der Waals surface area (Å²) >= 11 is 0. The molecule has 1 N–H and O–H groups in total. The Kier molecular flexibility index (Phi) is 5.89. The summed E-state index contributed by atoms with van der Waals surface area (Å²) < 4.78 is 23.2. The van der Waals surface area contributed by atoms with Crippen LogP contribution in [0, 0.1) is 0 Å². The van der Waals surface area contributed by atoms with E-state index >= 15 is 0 Å². The second-order valence-electron chi connectivity index (χ2n) is 4.98. The number of hydrogen-bond donors (Lipinski definition) is 1. The minimum absolute atomic E-state index is 0.163. The molecule has 0 aromatic rings. The molecule has 0 saturated heterocycles. The average Bonchev–Trinajstić information content (AvgIpc) is 2.29. The van der Waals surface area contributed by atoms with Gasteiger partial charge in [0.05, 0.1) is 5.25 Å². The monoisotopic (exact) mass is 263 g/mol. The molecule has 0 aliphatic heterocycles. The van der Waals surface area contributed by atoms with Gasteiger partial charge in [0.2, 0.25) is 0 Å². The van der Waals surface area contributed by atoms with Crippen LogP contribution in [0.2, 0.25) is 0 Å². The van der Waals surface area contributed by atoms with Crippen molar-refractivity contribution in [1.29, 1.82) is 0 Å². The van der Waals surface area contributed by atoms with E-state index in [1.165, 1.54) is 6.26 Å². The van der Waals surface area contributed by atoms with Crippen molar-refractivity contribution < 1.29 is 13.5 Å². The molecule has 4 nitrogen and oxygen atoms in total. The zero-order valence-corrected chi connectivity index (χ0v) is 11.7. The summed E-state index contributed by atoms with van der Waals surface area (Å²) in [5.41, 5.74) is 0. The van der Waals surface area contributed by atoms with Crippen LogP contribution in [0.4, 0.5) is 0 Å². The van der Waals surface area contributed by atoms with Gasteiger partial charge in [-0.05, 0) is 32.2 Å². The van der Waals surface area contributed by atoms with Crippen molar-refractivity contribution in [2.45, 2.75) is 50.3 Å². The predicted octanol–water partition coefficient (Wildman–Crippen LogP) is 1.05. The normalized spacial score (nSPS) is 26.4. The first-order valence-corrected chi connectivity index (χ1v) is 8.48. The van der Waals surface area contributed by atoms with Crippen molar-refractivity contribution in [3.8, 4) is 0 Å². The fourth-order valence-corrected chi connectivity index (χ4v) is 3.88. The molecule has 1 fully saturated rings. The standard InChI is InChI=1S/C12H25NO3S/c1-3-13(8-5-9-14)11-6-4-7-12(10-11)17(2,15)16/h11-12,14H,3-10H2,1-2H3. The molecule has 0 aromatic carbocycles. The lowest BCUT2D eigenvalue weighted by molar-refractivity contribution is 0.150. The van der Waals surface area contributed by atoms with Gasteiger partial charge in [0.25, 0.3) is 0 Å². The highest BCUT2D eigenvalue weighted by Crippen LogP contribution is 2.27. The summed E-state index contributed by atoms with van der Waals surface area (Å²) in [6.45, 7) is 4.11. The second-order valence-corrected chi connectivity index (χ2v) is 7.30. The van der Waals surface area contributed by atoms with Crippen LogP contribution in [0.25, 0.3) is 0 Å². The van der Waals surface area contributed by atoms with E-state index in [-0.39, 0.29) is 11.9 Å². The first kappa shape index (κ1) is 14.9. The molecule has 102 valence electrons. The summed E-state index contributed by atoms with van der Waals surface area (Å²) in [5, 5.41) is 8.71. The molecule has 1 saturated carbocycles. The molecule has 2 atom stereocenters. The summed E-state index contributed by atoms with van der Waals surface area (Å²) in [7, 11) is -2.90. The first-order chi connectivity index (χ1) is 7.99. The lowest BCUT2D eigenvalue weighted by Crippen LogP contribution is -2.42. The Morgan fingerprint density at radius 2 is 2.06 bits per heavy atom. The lowest BCUT2D eigenvalue weighted by Gasteiger charge is -2.36. The van der Waals surface area contributed by atoms with Crippen LogP contribution in [0.15, 0.2) is 0 Å². The molecule has 0 radical (unpaired) electrons. The largest absolute Gasteiger partial charge is 0.396 e.